The second-order valence-corrected chi connectivity index (χ2v) is 13.4. The summed E-state index contributed by atoms with van der Waals surface area (Å²) in [6.45, 7) is 29.2. The first-order valence-corrected chi connectivity index (χ1v) is 11.7. The molecule has 0 aliphatic rings. The molecule has 3 heteroatoms. The predicted molar refractivity (Wildman–Crippen MR) is 148 cm³/mol. The molecule has 0 fully saturated rings. The Labute approximate surface area is 222 Å². The zero-order valence-electron chi connectivity index (χ0n) is 24.7. The second kappa shape index (κ2) is 11.5. The molecule has 0 saturated carbocycles. The second-order valence-electron chi connectivity index (χ2n) is 13.4. The Hall–Kier alpha value is -1.43. The Balaban J connectivity index is 0. The Morgan fingerprint density at radius 2 is 0.588 bits per heavy atom. The van der Waals surface area contributed by atoms with Gasteiger partial charge in [-0.2, -0.15) is 0 Å². The zero-order valence-corrected chi connectivity index (χ0v) is 25.9. The van der Waals surface area contributed by atoms with Crippen molar-refractivity contribution in [3.8, 4) is 11.5 Å². The van der Waals surface area contributed by atoms with Crippen molar-refractivity contribution in [2.75, 3.05) is 0 Å². The molecule has 2 aromatic carbocycles. The minimum atomic E-state index is -0.0803. The molecule has 0 bridgehead atoms. The molecule has 2 nitrogen and oxygen atoms in total. The summed E-state index contributed by atoms with van der Waals surface area (Å²) in [4.78, 5) is 0. The van der Waals surface area contributed by atoms with Gasteiger partial charge in [0.2, 0.25) is 0 Å². The third-order valence-electron chi connectivity index (χ3n) is 5.70. The SMILES string of the molecule is Cc1cc(C(C)(C)C)c([O-])c(C(C)(C)C)c1.Cc1cc(C(C)(C)C)c([O-])c(C(C)(C)C)c1.[Al+3].[CH3-]. The van der Waals surface area contributed by atoms with Crippen LogP contribution in [-0.4, -0.2) is 17.4 Å². The number of aryl methyl sites for hydroxylation is 2. The maximum absolute atomic E-state index is 12.4. The van der Waals surface area contributed by atoms with Gasteiger partial charge in [0.15, 0.2) is 0 Å². The van der Waals surface area contributed by atoms with Crippen molar-refractivity contribution in [2.24, 2.45) is 0 Å². The van der Waals surface area contributed by atoms with Crippen LogP contribution in [0.25, 0.3) is 0 Å². The van der Waals surface area contributed by atoms with Gasteiger partial charge in [-0.3, -0.25) is 0 Å². The first-order chi connectivity index (χ1) is 14.1. The molecule has 0 aromatic heterocycles. The fraction of sp³-hybridized carbons (Fsp3) is 0.581. The van der Waals surface area contributed by atoms with Crippen LogP contribution in [-0.2, 0) is 21.7 Å². The van der Waals surface area contributed by atoms with E-state index in [1.54, 1.807) is 0 Å². The van der Waals surface area contributed by atoms with Crippen molar-refractivity contribution in [3.63, 3.8) is 0 Å². The number of hydrogen-bond donors (Lipinski definition) is 0. The van der Waals surface area contributed by atoms with Crippen LogP contribution < -0.4 is 10.2 Å². The van der Waals surface area contributed by atoms with Crippen molar-refractivity contribution in [1.29, 1.82) is 0 Å². The summed E-state index contributed by atoms with van der Waals surface area (Å²) in [5.41, 5.74) is 5.74. The summed E-state index contributed by atoms with van der Waals surface area (Å²) in [7, 11) is 0. The van der Waals surface area contributed by atoms with Gasteiger partial charge in [-0.1, -0.05) is 118 Å². The Morgan fingerprint density at radius 3 is 0.706 bits per heavy atom. The predicted octanol–water partition coefficient (Wildman–Crippen LogP) is 7.40. The molecule has 188 valence electrons. The molecular formula is C31H49AlO2. The number of benzene rings is 2. The molecule has 0 saturated heterocycles. The van der Waals surface area contributed by atoms with E-state index in [4.69, 9.17) is 0 Å². The topological polar surface area (TPSA) is 46.1 Å². The van der Waals surface area contributed by atoms with E-state index in [1.165, 1.54) is 11.1 Å². The fourth-order valence-corrected chi connectivity index (χ4v) is 3.77. The van der Waals surface area contributed by atoms with E-state index in [2.05, 4.69) is 96.9 Å². The van der Waals surface area contributed by atoms with Crippen molar-refractivity contribution >= 4 is 17.4 Å². The van der Waals surface area contributed by atoms with Gasteiger partial charge in [-0.25, -0.2) is 0 Å². The van der Waals surface area contributed by atoms with Crippen LogP contribution in [0.2, 0.25) is 0 Å². The van der Waals surface area contributed by atoms with Crippen LogP contribution in [0.5, 0.6) is 11.5 Å². The standard InChI is InChI=1S/2C15H24O.CH3.Al/c2*1-10-8-11(14(2,3)4)13(16)12(9-10)15(5,6)7;;/h2*8-9,16H,1-7H3;1H3;/q;;-1;+3/p-2. The van der Waals surface area contributed by atoms with Crippen molar-refractivity contribution in [2.45, 2.75) is 119 Å². The van der Waals surface area contributed by atoms with E-state index in [0.717, 1.165) is 22.3 Å². The quantitative estimate of drug-likeness (QED) is 0.291. The minimum Gasteiger partial charge on any atom is -0.872 e. The largest absolute Gasteiger partial charge is 3.00 e. The van der Waals surface area contributed by atoms with Crippen LogP contribution in [0.3, 0.4) is 0 Å². The molecule has 0 N–H and O–H groups in total. The molecular weight excluding hydrogens is 431 g/mol. The van der Waals surface area contributed by atoms with Crippen LogP contribution in [0.4, 0.5) is 0 Å². The molecule has 0 atom stereocenters. The third-order valence-corrected chi connectivity index (χ3v) is 5.70. The van der Waals surface area contributed by atoms with Gasteiger partial charge in [-0.15, -0.1) is 11.5 Å². The zero-order chi connectivity index (χ0) is 25.4. The van der Waals surface area contributed by atoms with Crippen molar-refractivity contribution in [3.05, 3.63) is 65.1 Å². The average molecular weight is 481 g/mol. The average Bonchev–Trinajstić information content (AvgIpc) is 2.55. The van der Waals surface area contributed by atoms with Gasteiger partial charge < -0.3 is 17.6 Å². The van der Waals surface area contributed by atoms with E-state index in [-0.39, 0.29) is 57.9 Å². The van der Waals surface area contributed by atoms with Crippen molar-refractivity contribution < 1.29 is 10.2 Å². The normalized spacial score (nSPS) is 12.2. The molecule has 34 heavy (non-hydrogen) atoms. The minimum absolute atomic E-state index is 0. The van der Waals surface area contributed by atoms with E-state index in [1.807, 2.05) is 24.3 Å². The molecule has 0 amide bonds. The van der Waals surface area contributed by atoms with E-state index in [9.17, 15) is 10.2 Å². The molecule has 2 aromatic rings. The van der Waals surface area contributed by atoms with Crippen LogP contribution in [0.15, 0.2) is 24.3 Å². The van der Waals surface area contributed by atoms with Gasteiger partial charge in [-0.05, 0) is 57.8 Å². The molecule has 0 unspecified atom stereocenters. The summed E-state index contributed by atoms with van der Waals surface area (Å²) in [5, 5.41) is 24.8. The Bertz CT molecular complexity index is 794. The van der Waals surface area contributed by atoms with E-state index >= 15 is 0 Å². The number of hydrogen-bond acceptors (Lipinski definition) is 2. The van der Waals surface area contributed by atoms with E-state index in [0.29, 0.717) is 0 Å². The summed E-state index contributed by atoms with van der Waals surface area (Å²) >= 11 is 0. The first-order valence-electron chi connectivity index (χ1n) is 11.7. The molecule has 0 aliphatic carbocycles. The van der Waals surface area contributed by atoms with Gasteiger partial charge in [0.25, 0.3) is 0 Å². The summed E-state index contributed by atoms with van der Waals surface area (Å²) < 4.78 is 0. The van der Waals surface area contributed by atoms with Gasteiger partial charge in [0, 0.05) is 0 Å². The van der Waals surface area contributed by atoms with Crippen LogP contribution >= 0.6 is 0 Å². The van der Waals surface area contributed by atoms with Gasteiger partial charge >= 0.3 is 17.4 Å². The molecule has 0 heterocycles. The Kier molecular flexibility index (Phi) is 11.8. The molecule has 0 radical (unpaired) electrons. The summed E-state index contributed by atoms with van der Waals surface area (Å²) in [6, 6.07) is 8.10. The Morgan fingerprint density at radius 1 is 0.441 bits per heavy atom. The molecule has 0 spiro atoms. The van der Waals surface area contributed by atoms with E-state index < -0.39 is 0 Å². The monoisotopic (exact) mass is 480 g/mol. The van der Waals surface area contributed by atoms with Crippen LogP contribution in [0.1, 0.15) is 116 Å². The van der Waals surface area contributed by atoms with Gasteiger partial charge in [0.1, 0.15) is 0 Å². The number of rotatable bonds is 0. The summed E-state index contributed by atoms with van der Waals surface area (Å²) in [5.74, 6) is 0.427. The maximum atomic E-state index is 12.4. The maximum Gasteiger partial charge on any atom is 3.00 e. The molecule has 2 rings (SSSR count). The van der Waals surface area contributed by atoms with Gasteiger partial charge in [0.05, 0.1) is 0 Å². The van der Waals surface area contributed by atoms with Crippen molar-refractivity contribution in [1.82, 2.24) is 0 Å². The smallest absolute Gasteiger partial charge is 0.872 e. The fourth-order valence-electron chi connectivity index (χ4n) is 3.77. The third kappa shape index (κ3) is 8.98. The van der Waals surface area contributed by atoms with Crippen LogP contribution in [0, 0.1) is 21.3 Å². The molecule has 0 aliphatic heterocycles. The first kappa shape index (κ1) is 34.7. The summed E-state index contributed by atoms with van der Waals surface area (Å²) in [6.07, 6.45) is 0.